The highest BCUT2D eigenvalue weighted by Gasteiger charge is 2.44. The van der Waals surface area contributed by atoms with Gasteiger partial charge in [-0.3, -0.25) is 39.4 Å². The highest BCUT2D eigenvalue weighted by molar-refractivity contribution is 6.20. The Kier molecular flexibility index (Phi) is 7.02. The van der Waals surface area contributed by atoms with Crippen molar-refractivity contribution in [2.45, 2.75) is 83.6 Å². The van der Waals surface area contributed by atoms with Crippen LogP contribution in [-0.4, -0.2) is 50.7 Å². The van der Waals surface area contributed by atoms with Crippen LogP contribution in [0, 0.1) is 5.92 Å². The van der Waals surface area contributed by atoms with Gasteiger partial charge in [0.1, 0.15) is 11.7 Å². The Labute approximate surface area is 175 Å². The molecule has 2 fully saturated rings. The van der Waals surface area contributed by atoms with E-state index in [1.807, 2.05) is 6.92 Å². The Bertz CT molecular complexity index is 768. The van der Waals surface area contributed by atoms with E-state index in [0.717, 1.165) is 43.4 Å². The van der Waals surface area contributed by atoms with Crippen molar-refractivity contribution in [3.05, 3.63) is 11.3 Å². The van der Waals surface area contributed by atoms with Crippen molar-refractivity contribution in [3.8, 4) is 0 Å². The molecule has 1 saturated heterocycles. The van der Waals surface area contributed by atoms with Gasteiger partial charge in [-0.1, -0.05) is 51.9 Å². The molecular weight excluding hydrogens is 390 g/mol. The molecule has 0 bridgehead atoms. The zero-order valence-corrected chi connectivity index (χ0v) is 17.3. The maximum absolute atomic E-state index is 13.1. The van der Waals surface area contributed by atoms with Gasteiger partial charge in [0, 0.05) is 18.4 Å². The smallest absolute Gasteiger partial charge is 0.277 e. The molecular formula is C21H29N3O6. The van der Waals surface area contributed by atoms with E-state index in [2.05, 4.69) is 5.32 Å². The van der Waals surface area contributed by atoms with Crippen molar-refractivity contribution < 1.29 is 29.2 Å². The molecule has 5 amide bonds. The van der Waals surface area contributed by atoms with Gasteiger partial charge < -0.3 is 0 Å². The number of amides is 5. The Morgan fingerprint density at radius 3 is 2.33 bits per heavy atom. The summed E-state index contributed by atoms with van der Waals surface area (Å²) in [4.78, 5) is 63.1. The highest BCUT2D eigenvalue weighted by atomic mass is 16.5. The molecule has 1 aliphatic carbocycles. The fraction of sp³-hybridized carbons (Fsp3) is 0.667. The monoisotopic (exact) mass is 419 g/mol. The summed E-state index contributed by atoms with van der Waals surface area (Å²) in [6.07, 6.45) is 6.88. The van der Waals surface area contributed by atoms with Crippen LogP contribution in [0.4, 0.5) is 0 Å². The van der Waals surface area contributed by atoms with Gasteiger partial charge in [-0.25, -0.2) is 0 Å². The molecule has 1 atom stereocenters. The Balaban J connectivity index is 1.87. The molecule has 1 saturated carbocycles. The second kappa shape index (κ2) is 9.51. The average molecular weight is 419 g/mol. The van der Waals surface area contributed by atoms with Gasteiger partial charge in [0.2, 0.25) is 11.8 Å². The van der Waals surface area contributed by atoms with Crippen molar-refractivity contribution in [2.24, 2.45) is 5.92 Å². The molecule has 2 heterocycles. The van der Waals surface area contributed by atoms with Crippen molar-refractivity contribution in [3.63, 3.8) is 0 Å². The molecule has 0 aromatic heterocycles. The SMILES string of the molecule is CCCCC(C(=O)N(O)C1=C(CC2CCCCC2)C(=O)NC1=O)N1C(=O)CCC1=O. The van der Waals surface area contributed by atoms with E-state index in [4.69, 9.17) is 0 Å². The van der Waals surface area contributed by atoms with E-state index in [-0.39, 0.29) is 41.5 Å². The number of nitrogens with one attached hydrogen (secondary N) is 1. The molecule has 9 nitrogen and oxygen atoms in total. The number of hydrogen-bond acceptors (Lipinski definition) is 6. The van der Waals surface area contributed by atoms with E-state index in [1.165, 1.54) is 0 Å². The minimum atomic E-state index is -1.19. The number of hydroxylamine groups is 2. The third kappa shape index (κ3) is 4.45. The predicted octanol–water partition coefficient (Wildman–Crippen LogP) is 1.79. The topological polar surface area (TPSA) is 124 Å². The normalized spacial score (nSPS) is 21.5. The Morgan fingerprint density at radius 2 is 1.73 bits per heavy atom. The number of hydrogen-bond donors (Lipinski definition) is 2. The summed E-state index contributed by atoms with van der Waals surface area (Å²) in [6.45, 7) is 1.90. The van der Waals surface area contributed by atoms with E-state index < -0.39 is 35.6 Å². The van der Waals surface area contributed by atoms with E-state index in [1.54, 1.807) is 0 Å². The highest BCUT2D eigenvalue weighted by Crippen LogP contribution is 2.32. The Morgan fingerprint density at radius 1 is 1.10 bits per heavy atom. The second-order valence-electron chi connectivity index (χ2n) is 8.28. The lowest BCUT2D eigenvalue weighted by atomic mass is 9.84. The zero-order chi connectivity index (χ0) is 21.8. The molecule has 2 N–H and O–H groups in total. The predicted molar refractivity (Wildman–Crippen MR) is 104 cm³/mol. The van der Waals surface area contributed by atoms with Crippen LogP contribution in [0.1, 0.15) is 77.6 Å². The minimum Gasteiger partial charge on any atom is -0.287 e. The molecule has 3 aliphatic rings. The molecule has 164 valence electrons. The second-order valence-corrected chi connectivity index (χ2v) is 8.28. The number of unbranched alkanes of at least 4 members (excludes halogenated alkanes) is 1. The van der Waals surface area contributed by atoms with Crippen LogP contribution < -0.4 is 5.32 Å². The first kappa shape index (κ1) is 22.1. The summed E-state index contributed by atoms with van der Waals surface area (Å²) in [6, 6.07) is -1.19. The van der Waals surface area contributed by atoms with Crippen molar-refractivity contribution in [2.75, 3.05) is 0 Å². The molecule has 30 heavy (non-hydrogen) atoms. The first-order valence-corrected chi connectivity index (χ1v) is 10.8. The van der Waals surface area contributed by atoms with E-state index >= 15 is 0 Å². The first-order valence-electron chi connectivity index (χ1n) is 10.8. The van der Waals surface area contributed by atoms with Crippen LogP contribution in [-0.2, 0) is 24.0 Å². The molecule has 2 aliphatic heterocycles. The number of rotatable bonds is 8. The zero-order valence-electron chi connectivity index (χ0n) is 17.3. The number of carbonyl (C=O) groups is 5. The summed E-state index contributed by atoms with van der Waals surface area (Å²) >= 11 is 0. The van der Waals surface area contributed by atoms with Gasteiger partial charge in [0.15, 0.2) is 0 Å². The lowest BCUT2D eigenvalue weighted by Crippen LogP contribution is -2.50. The number of carbonyl (C=O) groups excluding carboxylic acids is 5. The number of nitrogens with zero attached hydrogens (tertiary/aromatic N) is 2. The summed E-state index contributed by atoms with van der Waals surface area (Å²) in [7, 11) is 0. The lowest BCUT2D eigenvalue weighted by molar-refractivity contribution is -0.169. The molecule has 0 radical (unpaired) electrons. The molecule has 0 aromatic carbocycles. The quantitative estimate of drug-likeness (QED) is 0.351. The van der Waals surface area contributed by atoms with Crippen LogP contribution in [0.3, 0.4) is 0 Å². The van der Waals surface area contributed by atoms with Crippen LogP contribution >= 0.6 is 0 Å². The largest absolute Gasteiger partial charge is 0.287 e. The van der Waals surface area contributed by atoms with Crippen LogP contribution in [0.15, 0.2) is 11.3 Å². The number of likely N-dealkylation sites (tertiary alicyclic amines) is 1. The number of imide groups is 2. The lowest BCUT2D eigenvalue weighted by Gasteiger charge is -2.28. The van der Waals surface area contributed by atoms with Gasteiger partial charge in [-0.05, 0) is 18.8 Å². The van der Waals surface area contributed by atoms with Crippen molar-refractivity contribution in [1.82, 2.24) is 15.3 Å². The fourth-order valence-electron chi connectivity index (χ4n) is 4.53. The molecule has 0 spiro atoms. The van der Waals surface area contributed by atoms with Crippen LogP contribution in [0.25, 0.3) is 0 Å². The van der Waals surface area contributed by atoms with Gasteiger partial charge in [-0.15, -0.1) is 0 Å². The summed E-state index contributed by atoms with van der Waals surface area (Å²) in [5.74, 6) is -3.10. The Hall–Kier alpha value is -2.55. The average Bonchev–Trinajstić information content (AvgIpc) is 3.20. The van der Waals surface area contributed by atoms with E-state index in [9.17, 15) is 29.2 Å². The van der Waals surface area contributed by atoms with Crippen molar-refractivity contribution in [1.29, 1.82) is 0 Å². The van der Waals surface area contributed by atoms with Gasteiger partial charge in [0.25, 0.3) is 17.7 Å². The van der Waals surface area contributed by atoms with Gasteiger partial charge >= 0.3 is 0 Å². The van der Waals surface area contributed by atoms with E-state index in [0.29, 0.717) is 12.8 Å². The van der Waals surface area contributed by atoms with Crippen LogP contribution in [0.5, 0.6) is 0 Å². The van der Waals surface area contributed by atoms with Crippen molar-refractivity contribution >= 4 is 29.5 Å². The molecule has 1 unspecified atom stereocenters. The third-order valence-electron chi connectivity index (χ3n) is 6.16. The minimum absolute atomic E-state index is 0.0226. The molecule has 0 aromatic rings. The summed E-state index contributed by atoms with van der Waals surface area (Å²) in [5.41, 5.74) is -0.285. The standard InChI is InChI=1S/C21H29N3O6/c1-2-3-9-15(23-16(25)10-11-17(23)26)21(29)24(30)18-14(19(27)22-20(18)28)12-13-7-5-4-6-8-13/h13,15,30H,2-12H2,1H3,(H,22,27,28). The summed E-state index contributed by atoms with van der Waals surface area (Å²) < 4.78 is 0. The molecule has 9 heteroatoms. The fourth-order valence-corrected chi connectivity index (χ4v) is 4.53. The third-order valence-corrected chi connectivity index (χ3v) is 6.16. The maximum Gasteiger partial charge on any atom is 0.277 e. The van der Waals surface area contributed by atoms with Crippen LogP contribution in [0.2, 0.25) is 0 Å². The molecule has 3 rings (SSSR count). The first-order chi connectivity index (χ1) is 14.3. The van der Waals surface area contributed by atoms with Gasteiger partial charge in [-0.2, -0.15) is 5.06 Å². The maximum atomic E-state index is 13.1. The summed E-state index contributed by atoms with van der Waals surface area (Å²) in [5, 5.41) is 13.0. The van der Waals surface area contributed by atoms with Gasteiger partial charge in [0.05, 0.1) is 0 Å².